The second-order valence-electron chi connectivity index (χ2n) is 0.969. The number of alkyl halides is 3. The Morgan fingerprint density at radius 2 is 1.00 bits per heavy atom. The molecule has 0 fully saturated rings. The van der Waals surface area contributed by atoms with Gasteiger partial charge in [-0.15, -0.1) is 0 Å². The lowest BCUT2D eigenvalue weighted by atomic mass is 10.5. The van der Waals surface area contributed by atoms with Crippen LogP contribution in [0.15, 0.2) is 0 Å². The average Bonchev–Trinajstić information content (AvgIpc) is 1.95. The van der Waals surface area contributed by atoms with Crippen LogP contribution in [0.25, 0.3) is 0 Å². The molecule has 0 aliphatic carbocycles. The van der Waals surface area contributed by atoms with E-state index in [1.807, 2.05) is 27.7 Å². The van der Waals surface area contributed by atoms with Crippen LogP contribution in [0, 0.1) is 0 Å². The van der Waals surface area contributed by atoms with Crippen molar-refractivity contribution in [2.24, 2.45) is 0 Å². The van der Waals surface area contributed by atoms with Crippen LogP contribution in [0.2, 0.25) is 0 Å². The molecule has 66 valence electrons. The summed E-state index contributed by atoms with van der Waals surface area (Å²) < 4.78 is 32.4. The van der Waals surface area contributed by atoms with E-state index in [1.165, 1.54) is 0 Å². The summed E-state index contributed by atoms with van der Waals surface area (Å²) in [5, 5.41) is 0. The molecule has 0 aromatic carbocycles. The van der Waals surface area contributed by atoms with Gasteiger partial charge in [-0.1, -0.05) is 34.6 Å². The molecule has 0 unspecified atom stereocenters. The zero-order valence-corrected chi connectivity index (χ0v) is 7.34. The molecule has 0 aromatic rings. The van der Waals surface area contributed by atoms with E-state index in [0.29, 0.717) is 0 Å². The lowest BCUT2D eigenvalue weighted by Crippen LogP contribution is -2.02. The van der Waals surface area contributed by atoms with Crippen LogP contribution < -0.4 is 0 Å². The maximum absolute atomic E-state index is 10.8. The largest absolute Gasteiger partial charge is 0.388 e. The highest BCUT2D eigenvalue weighted by Gasteiger charge is 2.22. The third-order valence-corrected chi connectivity index (χ3v) is 0.401. The fourth-order valence-corrected chi connectivity index (χ4v) is 0. The minimum atomic E-state index is -3.96. The zero-order chi connectivity index (χ0) is 9.21. The van der Waals surface area contributed by atoms with Crippen molar-refractivity contribution in [3.8, 4) is 0 Å². The van der Waals surface area contributed by atoms with E-state index in [1.54, 1.807) is 0 Å². The van der Waals surface area contributed by atoms with Crippen molar-refractivity contribution in [2.75, 3.05) is 0 Å². The summed E-state index contributed by atoms with van der Waals surface area (Å²) in [6, 6.07) is 0. The summed E-state index contributed by atoms with van der Waals surface area (Å²) >= 11 is 0. The molecule has 0 saturated heterocycles. The average molecular weight is 158 g/mol. The number of rotatable bonds is 0. The Balaban J connectivity index is -0.000000105. The van der Waals surface area contributed by atoms with Crippen LogP contribution in [-0.2, 0) is 0 Å². The van der Waals surface area contributed by atoms with E-state index >= 15 is 0 Å². The number of hydrogen-bond donors (Lipinski definition) is 0. The lowest BCUT2D eigenvalue weighted by Gasteiger charge is -1.96. The van der Waals surface area contributed by atoms with Gasteiger partial charge in [0.25, 0.3) is 0 Å². The highest BCUT2D eigenvalue weighted by molar-refractivity contribution is 4.39. The maximum atomic E-state index is 10.8. The van der Waals surface area contributed by atoms with Gasteiger partial charge < -0.3 is 0 Å². The predicted molar refractivity (Wildman–Crippen MR) is 39.0 cm³/mol. The van der Waals surface area contributed by atoms with Gasteiger partial charge in [-0.25, -0.2) is 0 Å². The van der Waals surface area contributed by atoms with Gasteiger partial charge >= 0.3 is 6.18 Å². The normalized spacial score (nSPS) is 8.40. The van der Waals surface area contributed by atoms with Crippen molar-refractivity contribution < 1.29 is 13.2 Å². The Bertz CT molecular complexity index is 38.6. The van der Waals surface area contributed by atoms with Crippen LogP contribution in [0.3, 0.4) is 0 Å². The standard InChI is InChI=1S/C3H5F3.2C2H6/c1-2-3(4,5)6;2*1-2/h2H2,1H3;2*1-2H3. The fourth-order valence-electron chi connectivity index (χ4n) is 0. The summed E-state index contributed by atoms with van der Waals surface area (Å²) in [6.07, 6.45) is -4.69. The van der Waals surface area contributed by atoms with Crippen LogP contribution in [0.5, 0.6) is 0 Å². The lowest BCUT2D eigenvalue weighted by molar-refractivity contribution is -0.130. The Hall–Kier alpha value is -0.210. The molecule has 0 spiro atoms. The molecular weight excluding hydrogens is 141 g/mol. The number of hydrogen-bond acceptors (Lipinski definition) is 0. The molecule has 0 aliphatic heterocycles. The SMILES string of the molecule is CC.CC.CCC(F)(F)F. The first-order valence-corrected chi connectivity index (χ1v) is 3.63. The van der Waals surface area contributed by atoms with E-state index in [-0.39, 0.29) is 0 Å². The minimum absolute atomic E-state index is 0.729. The molecule has 0 saturated carbocycles. The molecule has 0 N–H and O–H groups in total. The molecule has 10 heavy (non-hydrogen) atoms. The molecule has 0 bridgehead atoms. The Kier molecular flexibility index (Phi) is 19.0. The second kappa shape index (κ2) is 11.6. The quantitative estimate of drug-likeness (QED) is 0.499. The van der Waals surface area contributed by atoms with Gasteiger partial charge in [0, 0.05) is 6.42 Å². The van der Waals surface area contributed by atoms with Crippen LogP contribution in [0.1, 0.15) is 41.0 Å². The first kappa shape index (κ1) is 16.4. The van der Waals surface area contributed by atoms with Crippen LogP contribution in [-0.4, -0.2) is 6.18 Å². The Morgan fingerprint density at radius 1 is 0.900 bits per heavy atom. The fraction of sp³-hybridized carbons (Fsp3) is 1.00. The zero-order valence-electron chi connectivity index (χ0n) is 7.34. The van der Waals surface area contributed by atoms with E-state index in [4.69, 9.17) is 0 Å². The molecule has 0 amide bonds. The molecule has 0 radical (unpaired) electrons. The van der Waals surface area contributed by atoms with E-state index in [0.717, 1.165) is 6.92 Å². The minimum Gasteiger partial charge on any atom is -0.171 e. The summed E-state index contributed by atoms with van der Waals surface area (Å²) in [7, 11) is 0. The van der Waals surface area contributed by atoms with Crippen LogP contribution >= 0.6 is 0 Å². The van der Waals surface area contributed by atoms with Gasteiger partial charge in [0.1, 0.15) is 0 Å². The molecule has 3 heteroatoms. The molecular formula is C7H17F3. The molecule has 0 heterocycles. The Morgan fingerprint density at radius 3 is 1.00 bits per heavy atom. The van der Waals surface area contributed by atoms with Gasteiger partial charge in [0.05, 0.1) is 0 Å². The van der Waals surface area contributed by atoms with E-state index in [2.05, 4.69) is 0 Å². The molecule has 0 rings (SSSR count). The smallest absolute Gasteiger partial charge is 0.171 e. The van der Waals surface area contributed by atoms with Crippen molar-refractivity contribution in [3.63, 3.8) is 0 Å². The number of halogens is 3. The predicted octanol–water partition coefficient (Wildman–Crippen LogP) is 4.01. The third-order valence-electron chi connectivity index (χ3n) is 0.401. The topological polar surface area (TPSA) is 0 Å². The summed E-state index contributed by atoms with van der Waals surface area (Å²) in [4.78, 5) is 0. The van der Waals surface area contributed by atoms with Crippen LogP contribution in [0.4, 0.5) is 13.2 Å². The first-order valence-electron chi connectivity index (χ1n) is 3.63. The van der Waals surface area contributed by atoms with Crippen molar-refractivity contribution in [1.82, 2.24) is 0 Å². The monoisotopic (exact) mass is 158 g/mol. The molecule has 0 aromatic heterocycles. The van der Waals surface area contributed by atoms with Gasteiger partial charge in [-0.05, 0) is 0 Å². The summed E-state index contributed by atoms with van der Waals surface area (Å²) in [5.41, 5.74) is 0. The van der Waals surface area contributed by atoms with Gasteiger partial charge in [-0.3, -0.25) is 0 Å². The molecule has 0 aliphatic rings. The second-order valence-corrected chi connectivity index (χ2v) is 0.969. The van der Waals surface area contributed by atoms with Crippen molar-refractivity contribution in [2.45, 2.75) is 47.2 Å². The molecule has 0 nitrogen and oxygen atoms in total. The highest BCUT2D eigenvalue weighted by Crippen LogP contribution is 2.17. The van der Waals surface area contributed by atoms with E-state index < -0.39 is 12.6 Å². The van der Waals surface area contributed by atoms with E-state index in [9.17, 15) is 13.2 Å². The highest BCUT2D eigenvalue weighted by atomic mass is 19.4. The summed E-state index contributed by atoms with van der Waals surface area (Å²) in [6.45, 7) is 9.08. The van der Waals surface area contributed by atoms with Gasteiger partial charge in [0.2, 0.25) is 0 Å². The summed E-state index contributed by atoms with van der Waals surface area (Å²) in [5.74, 6) is 0. The molecule has 0 atom stereocenters. The maximum Gasteiger partial charge on any atom is 0.388 e. The first-order chi connectivity index (χ1) is 4.56. The van der Waals surface area contributed by atoms with Gasteiger partial charge in [-0.2, -0.15) is 13.2 Å². The van der Waals surface area contributed by atoms with Crippen molar-refractivity contribution in [1.29, 1.82) is 0 Å². The third kappa shape index (κ3) is 46.1. The van der Waals surface area contributed by atoms with Crippen molar-refractivity contribution >= 4 is 0 Å². The van der Waals surface area contributed by atoms with Crippen molar-refractivity contribution in [3.05, 3.63) is 0 Å². The Labute approximate surface area is 61.4 Å². The van der Waals surface area contributed by atoms with Gasteiger partial charge in [0.15, 0.2) is 0 Å².